The fourth-order valence-electron chi connectivity index (χ4n) is 2.01. The van der Waals surface area contributed by atoms with Crippen LogP contribution in [0.3, 0.4) is 0 Å². The molecule has 0 spiro atoms. The van der Waals surface area contributed by atoms with E-state index in [-0.39, 0.29) is 12.5 Å². The molecule has 2 aromatic rings. The maximum Gasteiger partial charge on any atom is 0.251 e. The van der Waals surface area contributed by atoms with Crippen molar-refractivity contribution >= 4 is 11.6 Å². The fourth-order valence-corrected chi connectivity index (χ4v) is 2.01. The molecule has 2 aromatic carbocycles. The highest BCUT2D eigenvalue weighted by Crippen LogP contribution is 2.22. The van der Waals surface area contributed by atoms with Gasteiger partial charge in [-0.3, -0.25) is 4.79 Å². The summed E-state index contributed by atoms with van der Waals surface area (Å²) in [5.41, 5.74) is 7.46. The first-order chi connectivity index (χ1) is 10.2. The van der Waals surface area contributed by atoms with Crippen molar-refractivity contribution in [1.82, 2.24) is 5.32 Å². The van der Waals surface area contributed by atoms with E-state index in [0.29, 0.717) is 17.0 Å². The number of hydrogen-bond donors (Lipinski definition) is 3. The lowest BCUT2D eigenvalue weighted by atomic mass is 10.1. The lowest BCUT2D eigenvalue weighted by Crippen LogP contribution is -2.30. The molecule has 0 aromatic heterocycles. The van der Waals surface area contributed by atoms with Gasteiger partial charge in [0.2, 0.25) is 0 Å². The summed E-state index contributed by atoms with van der Waals surface area (Å²) in [4.78, 5) is 12.2. The molecule has 0 aliphatic carbocycles. The van der Waals surface area contributed by atoms with Gasteiger partial charge < -0.3 is 20.9 Å². The van der Waals surface area contributed by atoms with E-state index < -0.39 is 6.04 Å². The Morgan fingerprint density at radius 3 is 2.62 bits per heavy atom. The summed E-state index contributed by atoms with van der Waals surface area (Å²) in [6.07, 6.45) is 0. The van der Waals surface area contributed by atoms with Gasteiger partial charge >= 0.3 is 0 Å². The Balaban J connectivity index is 2.16. The van der Waals surface area contributed by atoms with Crippen LogP contribution in [0.5, 0.6) is 5.75 Å². The molecule has 5 heteroatoms. The van der Waals surface area contributed by atoms with Gasteiger partial charge in [0.25, 0.3) is 5.91 Å². The van der Waals surface area contributed by atoms with E-state index in [0.717, 1.165) is 5.56 Å². The van der Waals surface area contributed by atoms with Crippen LogP contribution in [0.25, 0.3) is 0 Å². The van der Waals surface area contributed by atoms with Crippen molar-refractivity contribution in [2.45, 2.75) is 6.04 Å². The molecular weight excluding hydrogens is 268 g/mol. The van der Waals surface area contributed by atoms with Gasteiger partial charge in [0.1, 0.15) is 5.75 Å². The molecule has 110 valence electrons. The van der Waals surface area contributed by atoms with E-state index in [1.807, 2.05) is 30.3 Å². The molecule has 0 saturated heterocycles. The van der Waals surface area contributed by atoms with Gasteiger partial charge in [0.05, 0.1) is 25.4 Å². The highest BCUT2D eigenvalue weighted by Gasteiger charge is 2.15. The number of rotatable bonds is 5. The zero-order valence-electron chi connectivity index (χ0n) is 11.7. The molecule has 0 aliphatic rings. The van der Waals surface area contributed by atoms with Gasteiger partial charge in [0.15, 0.2) is 0 Å². The first-order valence-electron chi connectivity index (χ1n) is 6.56. The van der Waals surface area contributed by atoms with E-state index in [2.05, 4.69) is 5.32 Å². The van der Waals surface area contributed by atoms with Gasteiger partial charge in [-0.2, -0.15) is 0 Å². The van der Waals surface area contributed by atoms with Crippen molar-refractivity contribution in [1.29, 1.82) is 0 Å². The van der Waals surface area contributed by atoms with Crippen molar-refractivity contribution in [3.63, 3.8) is 0 Å². The van der Waals surface area contributed by atoms with Gasteiger partial charge in [0, 0.05) is 5.56 Å². The monoisotopic (exact) mass is 286 g/mol. The van der Waals surface area contributed by atoms with Crippen LogP contribution in [-0.2, 0) is 0 Å². The van der Waals surface area contributed by atoms with Gasteiger partial charge in [-0.05, 0) is 23.8 Å². The van der Waals surface area contributed by atoms with Gasteiger partial charge in [-0.25, -0.2) is 0 Å². The van der Waals surface area contributed by atoms with Crippen LogP contribution in [0, 0.1) is 0 Å². The molecule has 0 heterocycles. The third-order valence-electron chi connectivity index (χ3n) is 3.19. The van der Waals surface area contributed by atoms with Gasteiger partial charge in [-0.1, -0.05) is 30.3 Å². The summed E-state index contributed by atoms with van der Waals surface area (Å²) in [6.45, 7) is -0.179. The smallest absolute Gasteiger partial charge is 0.251 e. The molecule has 21 heavy (non-hydrogen) atoms. The van der Waals surface area contributed by atoms with E-state index in [1.54, 1.807) is 18.2 Å². The first-order valence-corrected chi connectivity index (χ1v) is 6.56. The summed E-state index contributed by atoms with van der Waals surface area (Å²) >= 11 is 0. The van der Waals surface area contributed by atoms with Crippen LogP contribution in [0.1, 0.15) is 22.0 Å². The number of carbonyl (C=O) groups excluding carboxylic acids is 1. The number of anilines is 1. The maximum absolute atomic E-state index is 12.2. The zero-order valence-corrected chi connectivity index (χ0v) is 11.7. The molecule has 0 saturated carbocycles. The summed E-state index contributed by atoms with van der Waals surface area (Å²) in [5, 5.41) is 12.2. The number of aliphatic hydroxyl groups excluding tert-OH is 1. The Morgan fingerprint density at radius 1 is 1.29 bits per heavy atom. The van der Waals surface area contributed by atoms with Crippen molar-refractivity contribution in [2.24, 2.45) is 0 Å². The number of carbonyl (C=O) groups is 1. The number of benzene rings is 2. The minimum absolute atomic E-state index is 0.179. The Morgan fingerprint density at radius 2 is 2.00 bits per heavy atom. The molecule has 1 atom stereocenters. The van der Waals surface area contributed by atoms with E-state index in [1.165, 1.54) is 7.11 Å². The van der Waals surface area contributed by atoms with Crippen molar-refractivity contribution in [3.05, 3.63) is 59.7 Å². The topological polar surface area (TPSA) is 84.6 Å². The lowest BCUT2D eigenvalue weighted by molar-refractivity contribution is 0.0916. The Labute approximate surface area is 123 Å². The predicted molar refractivity (Wildman–Crippen MR) is 81.1 cm³/mol. The van der Waals surface area contributed by atoms with Crippen LogP contribution in [0.2, 0.25) is 0 Å². The summed E-state index contributed by atoms with van der Waals surface area (Å²) in [7, 11) is 1.49. The number of ether oxygens (including phenoxy) is 1. The number of methoxy groups -OCH3 is 1. The molecule has 0 unspecified atom stereocenters. The highest BCUT2D eigenvalue weighted by molar-refractivity contribution is 5.95. The summed E-state index contributed by atoms with van der Waals surface area (Å²) in [6, 6.07) is 13.6. The fraction of sp³-hybridized carbons (Fsp3) is 0.188. The standard InChI is InChI=1S/C16H18N2O3/c1-21-15-9-12(7-8-13(15)17)16(20)18-14(10-19)11-5-3-2-4-6-11/h2-9,14,19H,10,17H2,1H3,(H,18,20)/t14-/m0/s1. The van der Waals surface area contributed by atoms with E-state index in [4.69, 9.17) is 10.5 Å². The number of amides is 1. The molecule has 1 amide bonds. The average Bonchev–Trinajstić information content (AvgIpc) is 2.53. The Hall–Kier alpha value is -2.53. The molecule has 0 fully saturated rings. The first kappa shape index (κ1) is 14.9. The number of nitrogens with two attached hydrogens (primary N) is 1. The molecule has 2 rings (SSSR count). The average molecular weight is 286 g/mol. The molecule has 4 N–H and O–H groups in total. The number of nitrogens with one attached hydrogen (secondary N) is 1. The van der Waals surface area contributed by atoms with E-state index in [9.17, 15) is 9.90 Å². The van der Waals surface area contributed by atoms with Crippen LogP contribution in [0.15, 0.2) is 48.5 Å². The van der Waals surface area contributed by atoms with Crippen LogP contribution in [0.4, 0.5) is 5.69 Å². The number of nitrogen functional groups attached to an aromatic ring is 1. The second-order valence-electron chi connectivity index (χ2n) is 4.58. The van der Waals surface area contributed by atoms with Crippen LogP contribution >= 0.6 is 0 Å². The Bertz CT molecular complexity index is 614. The largest absolute Gasteiger partial charge is 0.495 e. The molecule has 0 radical (unpaired) electrons. The molecule has 5 nitrogen and oxygen atoms in total. The number of aliphatic hydroxyl groups is 1. The van der Waals surface area contributed by atoms with Crippen LogP contribution in [-0.4, -0.2) is 24.7 Å². The maximum atomic E-state index is 12.2. The summed E-state index contributed by atoms with van der Waals surface area (Å²) < 4.78 is 5.10. The molecular formula is C16H18N2O3. The van der Waals surface area contributed by atoms with Gasteiger partial charge in [-0.15, -0.1) is 0 Å². The third kappa shape index (κ3) is 3.52. The van der Waals surface area contributed by atoms with Crippen molar-refractivity contribution in [2.75, 3.05) is 19.5 Å². The predicted octanol–water partition coefficient (Wildman–Crippen LogP) is 1.74. The minimum Gasteiger partial charge on any atom is -0.495 e. The normalized spacial score (nSPS) is 11.7. The lowest BCUT2D eigenvalue weighted by Gasteiger charge is -2.17. The minimum atomic E-state index is -0.456. The van der Waals surface area contributed by atoms with Crippen molar-refractivity contribution < 1.29 is 14.6 Å². The third-order valence-corrected chi connectivity index (χ3v) is 3.19. The zero-order chi connectivity index (χ0) is 15.2. The SMILES string of the molecule is COc1cc(C(=O)N[C@@H](CO)c2ccccc2)ccc1N. The molecule has 0 bridgehead atoms. The Kier molecular flexibility index (Phi) is 4.79. The molecule has 0 aliphatic heterocycles. The highest BCUT2D eigenvalue weighted by atomic mass is 16.5. The van der Waals surface area contributed by atoms with Crippen molar-refractivity contribution in [3.8, 4) is 5.75 Å². The van der Waals surface area contributed by atoms with E-state index >= 15 is 0 Å². The quantitative estimate of drug-likeness (QED) is 0.731. The number of hydrogen-bond acceptors (Lipinski definition) is 4. The second kappa shape index (κ2) is 6.76. The summed E-state index contributed by atoms with van der Waals surface area (Å²) in [5.74, 6) is 0.152. The second-order valence-corrected chi connectivity index (χ2v) is 4.58. The van der Waals surface area contributed by atoms with Crippen LogP contribution < -0.4 is 15.8 Å².